The molecule has 1 saturated carbocycles. The number of thiophene rings is 1. The van der Waals surface area contributed by atoms with Crippen LogP contribution in [0.5, 0.6) is 11.5 Å². The SMILES string of the molecule is COc1cc(C2C3=CCC4C(=O)N(Cc5cccs5)C(=O)C4C3CC3C(=O)N(Nc4ncc(C(F)(F)F)cc4Cl)C(=O)C32c2ccc(Cl)cc2)ccc1O. The minimum Gasteiger partial charge on any atom is -0.504 e. The van der Waals surface area contributed by atoms with Gasteiger partial charge in [-0.05, 0) is 71.7 Å². The minimum atomic E-state index is -4.75. The molecule has 54 heavy (non-hydrogen) atoms. The molecule has 2 saturated heterocycles. The number of phenols is 1. The predicted octanol–water partition coefficient (Wildman–Crippen LogP) is 7.37. The molecule has 2 aliphatic carbocycles. The van der Waals surface area contributed by atoms with Crippen LogP contribution < -0.4 is 10.2 Å². The van der Waals surface area contributed by atoms with Gasteiger partial charge in [-0.3, -0.25) is 29.5 Å². The molecule has 0 spiro atoms. The van der Waals surface area contributed by atoms with E-state index in [0.717, 1.165) is 9.89 Å². The highest BCUT2D eigenvalue weighted by molar-refractivity contribution is 7.09. The number of ether oxygens (including phenoxy) is 1. The van der Waals surface area contributed by atoms with Crippen LogP contribution in [0.1, 0.15) is 40.3 Å². The Balaban J connectivity index is 1.30. The van der Waals surface area contributed by atoms with Gasteiger partial charge in [0.25, 0.3) is 11.8 Å². The smallest absolute Gasteiger partial charge is 0.417 e. The molecule has 3 fully saturated rings. The van der Waals surface area contributed by atoms with Gasteiger partial charge in [0, 0.05) is 22.0 Å². The molecule has 6 atom stereocenters. The Kier molecular flexibility index (Phi) is 8.77. The molecule has 8 rings (SSSR count). The van der Waals surface area contributed by atoms with Gasteiger partial charge in [-0.15, -0.1) is 11.3 Å². The number of hydrogen-bond acceptors (Lipinski definition) is 9. The van der Waals surface area contributed by atoms with Crippen LogP contribution in [0.15, 0.2) is 83.9 Å². The van der Waals surface area contributed by atoms with E-state index >= 15 is 4.79 Å². The first-order valence-corrected chi connectivity index (χ1v) is 18.5. The van der Waals surface area contributed by atoms with Gasteiger partial charge in [-0.2, -0.15) is 18.2 Å². The Morgan fingerprint density at radius 2 is 1.78 bits per heavy atom. The second-order valence-corrected chi connectivity index (χ2v) is 15.6. The number of carbonyl (C=O) groups is 4. The van der Waals surface area contributed by atoms with Crippen molar-refractivity contribution in [2.24, 2.45) is 23.7 Å². The molecule has 16 heteroatoms. The summed E-state index contributed by atoms with van der Waals surface area (Å²) in [6, 6.07) is 15.3. The number of rotatable bonds is 7. The Labute approximate surface area is 320 Å². The van der Waals surface area contributed by atoms with E-state index in [1.807, 2.05) is 23.6 Å². The fourth-order valence-electron chi connectivity index (χ4n) is 8.81. The summed E-state index contributed by atoms with van der Waals surface area (Å²) in [6.45, 7) is 0.108. The third-order valence-corrected chi connectivity index (χ3v) is 12.5. The summed E-state index contributed by atoms with van der Waals surface area (Å²) < 4.78 is 45.9. The molecule has 10 nitrogen and oxygen atoms in total. The zero-order valence-corrected chi connectivity index (χ0v) is 30.5. The van der Waals surface area contributed by atoms with Crippen molar-refractivity contribution in [2.45, 2.75) is 36.9 Å². The van der Waals surface area contributed by atoms with Crippen LogP contribution in [0.2, 0.25) is 10.0 Å². The molecule has 278 valence electrons. The summed E-state index contributed by atoms with van der Waals surface area (Å²) in [5, 5.41) is 13.1. The van der Waals surface area contributed by atoms with E-state index in [1.54, 1.807) is 36.4 Å². The lowest BCUT2D eigenvalue weighted by Gasteiger charge is -2.50. The van der Waals surface area contributed by atoms with Gasteiger partial charge >= 0.3 is 6.18 Å². The second-order valence-electron chi connectivity index (χ2n) is 13.7. The van der Waals surface area contributed by atoms with Crippen molar-refractivity contribution >= 4 is 64.0 Å². The maximum Gasteiger partial charge on any atom is 0.417 e. The zero-order chi connectivity index (χ0) is 38.3. The lowest BCUT2D eigenvalue weighted by Crippen LogP contribution is -2.53. The highest BCUT2D eigenvalue weighted by Gasteiger charge is 2.70. The van der Waals surface area contributed by atoms with Crippen LogP contribution in [0, 0.1) is 23.7 Å². The predicted molar refractivity (Wildman–Crippen MR) is 191 cm³/mol. The number of nitrogens with zero attached hydrogens (tertiary/aromatic N) is 3. The first-order valence-electron chi connectivity index (χ1n) is 16.8. The number of aromatic hydroxyl groups is 1. The number of allylic oxidation sites excluding steroid dienone is 2. The van der Waals surface area contributed by atoms with Gasteiger partial charge < -0.3 is 9.84 Å². The summed E-state index contributed by atoms with van der Waals surface area (Å²) in [4.78, 5) is 64.2. The first kappa shape index (κ1) is 36.1. The quantitative estimate of drug-likeness (QED) is 0.147. The van der Waals surface area contributed by atoms with Gasteiger partial charge in [-0.25, -0.2) is 4.98 Å². The summed E-state index contributed by atoms with van der Waals surface area (Å²) in [6.07, 6.45) is -2.16. The fourth-order valence-corrected chi connectivity index (χ4v) is 9.84. The van der Waals surface area contributed by atoms with E-state index < -0.39 is 63.6 Å². The van der Waals surface area contributed by atoms with Crippen LogP contribution in [0.4, 0.5) is 19.0 Å². The van der Waals surface area contributed by atoms with E-state index in [4.69, 9.17) is 27.9 Å². The van der Waals surface area contributed by atoms with Gasteiger partial charge in [0.2, 0.25) is 11.8 Å². The molecule has 6 unspecified atom stereocenters. The number of methoxy groups -OCH3 is 1. The first-order chi connectivity index (χ1) is 25.7. The van der Waals surface area contributed by atoms with E-state index in [0.29, 0.717) is 34.0 Å². The van der Waals surface area contributed by atoms with E-state index in [-0.39, 0.29) is 48.5 Å². The van der Waals surface area contributed by atoms with Crippen molar-refractivity contribution in [3.8, 4) is 11.5 Å². The largest absolute Gasteiger partial charge is 0.504 e. The number of amides is 4. The molecular formula is C38H29Cl2F3N4O6S. The van der Waals surface area contributed by atoms with Crippen molar-refractivity contribution in [1.29, 1.82) is 0 Å². The molecule has 0 radical (unpaired) electrons. The number of carbonyl (C=O) groups excluding carboxylic acids is 4. The molecule has 2 N–H and O–H groups in total. The molecular weight excluding hydrogens is 768 g/mol. The van der Waals surface area contributed by atoms with Crippen LogP contribution in [-0.4, -0.2) is 50.7 Å². The molecule has 0 bridgehead atoms. The highest BCUT2D eigenvalue weighted by atomic mass is 35.5. The Bertz CT molecular complexity index is 2250. The average molecular weight is 798 g/mol. The number of halogens is 5. The third-order valence-electron chi connectivity index (χ3n) is 11.1. The number of benzene rings is 2. The number of fused-ring (bicyclic) bond motifs is 4. The molecule has 4 amide bonds. The lowest BCUT2D eigenvalue weighted by molar-refractivity contribution is -0.142. The molecule has 4 aromatic rings. The Hall–Kier alpha value is -4.92. The number of aromatic nitrogens is 1. The van der Waals surface area contributed by atoms with E-state index in [2.05, 4.69) is 10.4 Å². The number of pyridine rings is 1. The maximum absolute atomic E-state index is 15.3. The number of hydrogen-bond donors (Lipinski definition) is 2. The summed E-state index contributed by atoms with van der Waals surface area (Å²) >= 11 is 14.0. The lowest BCUT2D eigenvalue weighted by atomic mass is 9.49. The number of anilines is 1. The van der Waals surface area contributed by atoms with Gasteiger partial charge in [0.15, 0.2) is 17.3 Å². The van der Waals surface area contributed by atoms with Crippen molar-refractivity contribution in [3.05, 3.63) is 116 Å². The van der Waals surface area contributed by atoms with Crippen LogP contribution in [-0.2, 0) is 37.3 Å². The molecule has 2 aromatic heterocycles. The van der Waals surface area contributed by atoms with E-state index in [1.165, 1.54) is 29.4 Å². The molecule has 2 aromatic carbocycles. The summed E-state index contributed by atoms with van der Waals surface area (Å²) in [5.74, 6) is -6.98. The van der Waals surface area contributed by atoms with Crippen molar-refractivity contribution < 1.29 is 42.2 Å². The summed E-state index contributed by atoms with van der Waals surface area (Å²) in [5.41, 5.74) is 1.29. The van der Waals surface area contributed by atoms with Crippen LogP contribution in [0.25, 0.3) is 0 Å². The number of alkyl halides is 3. The number of nitrogens with one attached hydrogen (secondary N) is 1. The van der Waals surface area contributed by atoms with Crippen molar-refractivity contribution in [3.63, 3.8) is 0 Å². The van der Waals surface area contributed by atoms with E-state index in [9.17, 15) is 32.7 Å². The Morgan fingerprint density at radius 1 is 1.02 bits per heavy atom. The zero-order valence-electron chi connectivity index (χ0n) is 28.1. The standard InChI is InChI=1S/C38H29Cl2F3N4O6S/c1-53-29-13-18(4-11-28(29)48)31-23-9-10-24-30(35(51)46(33(24)49)17-22-3-2-12-54-22)25(23)15-26-34(50)47(36(52)37(26,31)19-5-7-21(39)8-6-19)45-32-27(40)14-20(16-44-32)38(41,42)43/h2-9,11-14,16,24-26,30-31,48H,10,15,17H2,1H3,(H,44,45). The number of hydrazine groups is 1. The third kappa shape index (κ3) is 5.48. The normalized spacial score (nSPS) is 26.4. The fraction of sp³-hybridized carbons (Fsp3) is 0.289. The number of phenolic OH excluding ortho intramolecular Hbond substituents is 1. The topological polar surface area (TPSA) is 129 Å². The van der Waals surface area contributed by atoms with Crippen LogP contribution >= 0.6 is 34.5 Å². The number of likely N-dealkylation sites (tertiary alicyclic amines) is 1. The van der Waals surface area contributed by atoms with Gasteiger partial charge in [-0.1, -0.05) is 59.1 Å². The Morgan fingerprint density at radius 3 is 2.44 bits per heavy atom. The monoisotopic (exact) mass is 796 g/mol. The minimum absolute atomic E-state index is 0.0237. The maximum atomic E-state index is 15.3. The van der Waals surface area contributed by atoms with Crippen molar-refractivity contribution in [1.82, 2.24) is 14.9 Å². The molecule has 2 aliphatic heterocycles. The molecule has 4 aliphatic rings. The van der Waals surface area contributed by atoms with Gasteiger partial charge in [0.1, 0.15) is 0 Å². The van der Waals surface area contributed by atoms with Gasteiger partial charge in [0.05, 0.1) is 47.4 Å². The second kappa shape index (κ2) is 13.1. The van der Waals surface area contributed by atoms with Crippen molar-refractivity contribution in [2.75, 3.05) is 12.5 Å². The number of imide groups is 2. The van der Waals surface area contributed by atoms with Crippen LogP contribution in [0.3, 0.4) is 0 Å². The summed E-state index contributed by atoms with van der Waals surface area (Å²) in [7, 11) is 1.37. The average Bonchev–Trinajstić information content (AvgIpc) is 3.81. The highest BCUT2D eigenvalue weighted by Crippen LogP contribution is 2.64. The molecule has 4 heterocycles.